The molecule has 8 heteroatoms. The quantitative estimate of drug-likeness (QED) is 0.384. The number of alkyl halides is 3. The SMILES string of the molecule is CCC(CC[C@@]1(C)c2ccccc2C2=CN[C@H](C)N21)=NC(=S)Nc1cccc(C(F)(F)F)c1. The topological polar surface area (TPSA) is 39.7 Å². The van der Waals surface area contributed by atoms with Crippen molar-refractivity contribution in [3.8, 4) is 0 Å². The van der Waals surface area contributed by atoms with E-state index < -0.39 is 11.7 Å². The molecule has 2 atom stereocenters. The molecule has 0 saturated carbocycles. The second-order valence-electron chi connectivity index (χ2n) is 8.60. The molecule has 174 valence electrons. The van der Waals surface area contributed by atoms with Crippen LogP contribution in [0, 0.1) is 0 Å². The van der Waals surface area contributed by atoms with Gasteiger partial charge in [0, 0.05) is 23.2 Å². The van der Waals surface area contributed by atoms with Crippen LogP contribution in [0.3, 0.4) is 0 Å². The van der Waals surface area contributed by atoms with Crippen LogP contribution in [0.25, 0.3) is 5.70 Å². The average molecular weight is 473 g/mol. The molecule has 4 rings (SSSR count). The summed E-state index contributed by atoms with van der Waals surface area (Å²) in [6.07, 6.45) is 0.132. The molecule has 0 radical (unpaired) electrons. The van der Waals surface area contributed by atoms with Crippen molar-refractivity contribution in [1.29, 1.82) is 0 Å². The normalized spacial score (nSPS) is 21.9. The summed E-state index contributed by atoms with van der Waals surface area (Å²) in [5, 5.41) is 6.41. The van der Waals surface area contributed by atoms with Gasteiger partial charge in [0.15, 0.2) is 5.11 Å². The van der Waals surface area contributed by atoms with Crippen molar-refractivity contribution in [2.45, 2.75) is 57.9 Å². The number of anilines is 1. The maximum absolute atomic E-state index is 13.0. The molecule has 0 aromatic heterocycles. The van der Waals surface area contributed by atoms with Crippen LogP contribution in [0.1, 0.15) is 56.7 Å². The van der Waals surface area contributed by atoms with Gasteiger partial charge in [-0.25, -0.2) is 4.99 Å². The number of benzene rings is 2. The monoisotopic (exact) mass is 472 g/mol. The molecule has 0 fully saturated rings. The summed E-state index contributed by atoms with van der Waals surface area (Å²) >= 11 is 5.34. The van der Waals surface area contributed by atoms with Crippen molar-refractivity contribution in [2.75, 3.05) is 5.32 Å². The van der Waals surface area contributed by atoms with E-state index in [1.54, 1.807) is 6.07 Å². The van der Waals surface area contributed by atoms with E-state index in [0.29, 0.717) is 6.42 Å². The minimum Gasteiger partial charge on any atom is -0.370 e. The zero-order chi connectivity index (χ0) is 23.8. The first kappa shape index (κ1) is 23.3. The molecule has 0 unspecified atom stereocenters. The van der Waals surface area contributed by atoms with Crippen LogP contribution in [0.2, 0.25) is 0 Å². The molecule has 2 aromatic rings. The Kier molecular flexibility index (Phi) is 6.22. The van der Waals surface area contributed by atoms with Gasteiger partial charge in [0.25, 0.3) is 0 Å². The van der Waals surface area contributed by atoms with Crippen LogP contribution in [-0.4, -0.2) is 21.9 Å². The maximum Gasteiger partial charge on any atom is 0.416 e. The van der Waals surface area contributed by atoms with E-state index in [9.17, 15) is 13.2 Å². The Morgan fingerprint density at radius 3 is 2.70 bits per heavy atom. The van der Waals surface area contributed by atoms with Gasteiger partial charge in [-0.1, -0.05) is 37.3 Å². The van der Waals surface area contributed by atoms with Gasteiger partial charge in [0.05, 0.1) is 23.0 Å². The number of nitrogens with one attached hydrogen (secondary N) is 2. The van der Waals surface area contributed by atoms with E-state index in [1.807, 2.05) is 6.92 Å². The lowest BCUT2D eigenvalue weighted by Crippen LogP contribution is -2.45. The van der Waals surface area contributed by atoms with Crippen molar-refractivity contribution in [3.05, 3.63) is 71.4 Å². The molecule has 0 amide bonds. The molecular formula is C25H27F3N4S. The van der Waals surface area contributed by atoms with E-state index in [4.69, 9.17) is 12.2 Å². The molecule has 0 bridgehead atoms. The Balaban J connectivity index is 1.49. The molecule has 0 saturated heterocycles. The Morgan fingerprint density at radius 1 is 1.21 bits per heavy atom. The molecule has 4 nitrogen and oxygen atoms in total. The summed E-state index contributed by atoms with van der Waals surface area (Å²) < 4.78 is 38.9. The molecule has 2 N–H and O–H groups in total. The lowest BCUT2D eigenvalue weighted by atomic mass is 9.85. The largest absolute Gasteiger partial charge is 0.416 e. The van der Waals surface area contributed by atoms with Gasteiger partial charge < -0.3 is 15.5 Å². The van der Waals surface area contributed by atoms with Gasteiger partial charge in [0.2, 0.25) is 0 Å². The van der Waals surface area contributed by atoms with Gasteiger partial charge in [-0.3, -0.25) is 0 Å². The highest BCUT2D eigenvalue weighted by molar-refractivity contribution is 7.80. The van der Waals surface area contributed by atoms with Gasteiger partial charge in [-0.15, -0.1) is 0 Å². The number of hydrogen-bond acceptors (Lipinski definition) is 3. The van der Waals surface area contributed by atoms with Gasteiger partial charge in [-0.2, -0.15) is 13.2 Å². The highest BCUT2D eigenvalue weighted by Gasteiger charge is 2.47. The molecule has 2 aromatic carbocycles. The van der Waals surface area contributed by atoms with E-state index >= 15 is 0 Å². The average Bonchev–Trinajstić information content (AvgIpc) is 3.28. The summed E-state index contributed by atoms with van der Waals surface area (Å²) in [4.78, 5) is 6.96. The zero-order valence-corrected chi connectivity index (χ0v) is 19.6. The van der Waals surface area contributed by atoms with Crippen molar-refractivity contribution in [3.63, 3.8) is 0 Å². The van der Waals surface area contributed by atoms with Gasteiger partial charge >= 0.3 is 6.18 Å². The highest BCUT2D eigenvalue weighted by atomic mass is 32.1. The van der Waals surface area contributed by atoms with Crippen LogP contribution < -0.4 is 10.6 Å². The minimum absolute atomic E-state index is 0.167. The lowest BCUT2D eigenvalue weighted by molar-refractivity contribution is -0.137. The van der Waals surface area contributed by atoms with Crippen LogP contribution in [0.4, 0.5) is 18.9 Å². The van der Waals surface area contributed by atoms with E-state index in [2.05, 4.69) is 64.8 Å². The second kappa shape index (κ2) is 8.82. The molecule has 2 aliphatic heterocycles. The minimum atomic E-state index is -4.40. The maximum atomic E-state index is 13.0. The summed E-state index contributed by atoms with van der Waals surface area (Å²) in [5.74, 6) is 0. The van der Waals surface area contributed by atoms with Crippen LogP contribution in [0.15, 0.2) is 59.7 Å². The van der Waals surface area contributed by atoms with Gasteiger partial charge in [0.1, 0.15) is 0 Å². The third kappa shape index (κ3) is 4.49. The summed E-state index contributed by atoms with van der Waals surface area (Å²) in [5.41, 5.74) is 4.01. The molecule has 2 aliphatic rings. The third-order valence-electron chi connectivity index (χ3n) is 6.43. The van der Waals surface area contributed by atoms with Crippen molar-refractivity contribution < 1.29 is 13.2 Å². The van der Waals surface area contributed by atoms with Crippen molar-refractivity contribution in [1.82, 2.24) is 10.2 Å². The predicted octanol–water partition coefficient (Wildman–Crippen LogP) is 6.51. The number of nitrogens with zero attached hydrogens (tertiary/aromatic N) is 2. The fourth-order valence-electron chi connectivity index (χ4n) is 4.78. The van der Waals surface area contributed by atoms with E-state index in [-0.39, 0.29) is 22.5 Å². The highest BCUT2D eigenvalue weighted by Crippen LogP contribution is 2.50. The molecule has 2 heterocycles. The second-order valence-corrected chi connectivity index (χ2v) is 8.99. The summed E-state index contributed by atoms with van der Waals surface area (Å²) in [7, 11) is 0. The molecular weight excluding hydrogens is 445 g/mol. The Bertz CT molecular complexity index is 1120. The smallest absolute Gasteiger partial charge is 0.370 e. The Labute approximate surface area is 197 Å². The first-order valence-electron chi connectivity index (χ1n) is 11.0. The number of rotatable bonds is 5. The molecule has 0 spiro atoms. The predicted molar refractivity (Wildman–Crippen MR) is 131 cm³/mol. The standard InChI is InChI=1S/C25H27F3N4S/c1-4-18(30-23(33)31-19-9-7-8-17(14-19)25(26,27)28)12-13-24(3)21-11-6-5-10-20(21)22-15-29-16(2)32(22)24/h5-11,14-16,29H,4,12-13H2,1-3H3,(H,31,33)/t16-,24-/m0/s1. The number of halogens is 3. The van der Waals surface area contributed by atoms with Crippen LogP contribution >= 0.6 is 12.2 Å². The lowest BCUT2D eigenvalue weighted by Gasteiger charge is -2.39. The Morgan fingerprint density at radius 2 is 1.97 bits per heavy atom. The first-order valence-corrected chi connectivity index (χ1v) is 11.4. The van der Waals surface area contributed by atoms with Crippen molar-refractivity contribution >= 4 is 34.4 Å². The van der Waals surface area contributed by atoms with Gasteiger partial charge in [-0.05, 0) is 69.1 Å². The number of hydrogen-bond donors (Lipinski definition) is 2. The van der Waals surface area contributed by atoms with Crippen molar-refractivity contribution in [2.24, 2.45) is 4.99 Å². The van der Waals surface area contributed by atoms with Crippen LogP contribution in [-0.2, 0) is 11.7 Å². The van der Waals surface area contributed by atoms with Crippen LogP contribution in [0.5, 0.6) is 0 Å². The van der Waals surface area contributed by atoms with E-state index in [1.165, 1.54) is 22.9 Å². The number of thiocarbonyl (C=S) groups is 1. The number of aliphatic imine (C=N–C) groups is 1. The third-order valence-corrected chi connectivity index (χ3v) is 6.63. The summed E-state index contributed by atoms with van der Waals surface area (Å²) in [6.45, 7) is 6.42. The molecule has 0 aliphatic carbocycles. The Hall–Kier alpha value is -2.87. The molecule has 33 heavy (non-hydrogen) atoms. The fourth-order valence-corrected chi connectivity index (χ4v) is 5.03. The van der Waals surface area contributed by atoms with E-state index in [0.717, 1.165) is 30.7 Å². The fraction of sp³-hybridized carbons (Fsp3) is 0.360. The first-order chi connectivity index (χ1) is 15.6. The summed E-state index contributed by atoms with van der Waals surface area (Å²) in [6, 6.07) is 13.4. The number of fused-ring (bicyclic) bond motifs is 3. The zero-order valence-electron chi connectivity index (χ0n) is 18.8.